The molecule has 190 valence electrons. The third kappa shape index (κ3) is 5.18. The average molecular weight is 485 g/mol. The number of rotatable bonds is 8. The van der Waals surface area contributed by atoms with E-state index in [9.17, 15) is 9.90 Å². The van der Waals surface area contributed by atoms with Gasteiger partial charge >= 0.3 is 0 Å². The second kappa shape index (κ2) is 10.7. The number of piperidine rings is 1. The van der Waals surface area contributed by atoms with Gasteiger partial charge in [0.2, 0.25) is 11.7 Å². The molecule has 0 spiro atoms. The molecule has 1 amide bonds. The highest BCUT2D eigenvalue weighted by molar-refractivity contribution is 5.92. The van der Waals surface area contributed by atoms with Crippen molar-refractivity contribution in [2.24, 2.45) is 5.92 Å². The largest absolute Gasteiger partial charge is 0.497 e. The molecule has 2 N–H and O–H groups in total. The fraction of sp³-hybridized carbons (Fsp3) is 0.519. The van der Waals surface area contributed by atoms with Crippen LogP contribution in [0.5, 0.6) is 23.0 Å². The van der Waals surface area contributed by atoms with Crippen LogP contribution in [0.3, 0.4) is 0 Å². The van der Waals surface area contributed by atoms with E-state index < -0.39 is 5.60 Å². The minimum absolute atomic E-state index is 0.00148. The summed E-state index contributed by atoms with van der Waals surface area (Å²) in [6, 6.07) is 11.0. The summed E-state index contributed by atoms with van der Waals surface area (Å²) in [5, 5.41) is 14.6. The van der Waals surface area contributed by atoms with Gasteiger partial charge in [0.15, 0.2) is 11.5 Å². The smallest absolute Gasteiger partial charge is 0.238 e. The lowest BCUT2D eigenvalue weighted by atomic mass is 9.66. The van der Waals surface area contributed by atoms with Crippen molar-refractivity contribution in [3.05, 3.63) is 42.0 Å². The topological polar surface area (TPSA) is 89.5 Å². The van der Waals surface area contributed by atoms with E-state index in [4.69, 9.17) is 18.9 Å². The van der Waals surface area contributed by atoms with Gasteiger partial charge < -0.3 is 29.4 Å². The van der Waals surface area contributed by atoms with Crippen molar-refractivity contribution in [3.8, 4) is 23.0 Å². The second-order valence-electron chi connectivity index (χ2n) is 9.36. The predicted molar refractivity (Wildman–Crippen MR) is 134 cm³/mol. The molecule has 1 heterocycles. The summed E-state index contributed by atoms with van der Waals surface area (Å²) < 4.78 is 21.9. The first kappa shape index (κ1) is 25.1. The van der Waals surface area contributed by atoms with Crippen molar-refractivity contribution < 1.29 is 28.8 Å². The van der Waals surface area contributed by atoms with E-state index in [1.54, 1.807) is 28.4 Å². The highest BCUT2D eigenvalue weighted by atomic mass is 16.5. The van der Waals surface area contributed by atoms with E-state index >= 15 is 0 Å². The van der Waals surface area contributed by atoms with Crippen LogP contribution < -0.4 is 24.3 Å². The quantitative estimate of drug-likeness (QED) is 0.585. The van der Waals surface area contributed by atoms with Crippen LogP contribution in [-0.2, 0) is 4.79 Å². The van der Waals surface area contributed by atoms with Crippen molar-refractivity contribution >= 4 is 11.6 Å². The highest BCUT2D eigenvalue weighted by Crippen LogP contribution is 2.51. The van der Waals surface area contributed by atoms with Gasteiger partial charge in [-0.3, -0.25) is 9.69 Å². The van der Waals surface area contributed by atoms with Crippen molar-refractivity contribution in [2.75, 3.05) is 46.8 Å². The van der Waals surface area contributed by atoms with Gasteiger partial charge in [0.1, 0.15) is 5.75 Å². The summed E-state index contributed by atoms with van der Waals surface area (Å²) in [6.45, 7) is 0.824. The number of anilines is 1. The number of amides is 1. The number of carbonyl (C=O) groups is 1. The normalized spacial score (nSPS) is 24.3. The third-order valence-corrected chi connectivity index (χ3v) is 7.42. The van der Waals surface area contributed by atoms with E-state index in [0.29, 0.717) is 35.9 Å². The summed E-state index contributed by atoms with van der Waals surface area (Å²) in [4.78, 5) is 15.3. The van der Waals surface area contributed by atoms with Crippen LogP contribution in [0.15, 0.2) is 36.4 Å². The summed E-state index contributed by atoms with van der Waals surface area (Å²) in [6.07, 6.45) is 4.40. The third-order valence-electron chi connectivity index (χ3n) is 7.42. The first-order chi connectivity index (χ1) is 16.9. The Kier molecular flexibility index (Phi) is 7.72. The van der Waals surface area contributed by atoms with Gasteiger partial charge in [0.05, 0.1) is 40.6 Å². The van der Waals surface area contributed by atoms with Gasteiger partial charge in [-0.2, -0.15) is 0 Å². The van der Waals surface area contributed by atoms with Gasteiger partial charge in [-0.05, 0) is 61.2 Å². The molecule has 8 heteroatoms. The van der Waals surface area contributed by atoms with E-state index in [1.807, 2.05) is 36.4 Å². The Morgan fingerprint density at radius 3 is 2.29 bits per heavy atom. The molecule has 2 aliphatic rings. The van der Waals surface area contributed by atoms with Gasteiger partial charge in [0.25, 0.3) is 0 Å². The van der Waals surface area contributed by atoms with Crippen LogP contribution in [0.25, 0.3) is 0 Å². The summed E-state index contributed by atoms with van der Waals surface area (Å²) in [7, 11) is 6.38. The Bertz CT molecular complexity index is 1000. The fourth-order valence-electron chi connectivity index (χ4n) is 5.69. The minimum atomic E-state index is -0.744. The molecule has 0 aromatic heterocycles. The zero-order valence-electron chi connectivity index (χ0n) is 21.0. The number of nitrogens with zero attached hydrogens (tertiary/aromatic N) is 1. The van der Waals surface area contributed by atoms with E-state index in [-0.39, 0.29) is 24.4 Å². The Balaban J connectivity index is 1.65. The standard InChI is InChI=1S/C27H36N2O6/c1-32-20-10-8-19(9-11-20)28-24(30)17-29-14-13-27(31)12-6-5-7-21(27)25(29)18-15-22(33-2)26(35-4)23(16-18)34-3/h8-11,15-16,21,25,31H,5-7,12-14,17H2,1-4H3,(H,28,30)/t21-,25-,27+/m0/s1. The Hall–Kier alpha value is -2.97. The molecule has 8 nitrogen and oxygen atoms in total. The molecule has 1 aliphatic carbocycles. The molecule has 1 aliphatic heterocycles. The Morgan fingerprint density at radius 1 is 1.00 bits per heavy atom. The van der Waals surface area contributed by atoms with Crippen LogP contribution in [0.1, 0.15) is 43.7 Å². The molecule has 3 atom stereocenters. The van der Waals surface area contributed by atoms with Crippen molar-refractivity contribution in [2.45, 2.75) is 43.7 Å². The average Bonchev–Trinajstić information content (AvgIpc) is 2.88. The monoisotopic (exact) mass is 484 g/mol. The Morgan fingerprint density at radius 2 is 1.69 bits per heavy atom. The van der Waals surface area contributed by atoms with Gasteiger partial charge in [-0.1, -0.05) is 12.8 Å². The zero-order valence-corrected chi connectivity index (χ0v) is 21.0. The lowest BCUT2D eigenvalue weighted by molar-refractivity contribution is -0.135. The number of carbonyl (C=O) groups excluding carboxylic acids is 1. The Labute approximate surface area is 207 Å². The molecule has 1 saturated heterocycles. The maximum Gasteiger partial charge on any atom is 0.238 e. The molecule has 4 rings (SSSR count). The number of aliphatic hydroxyl groups is 1. The first-order valence-electron chi connectivity index (χ1n) is 12.1. The molecule has 2 aromatic rings. The lowest BCUT2D eigenvalue weighted by Gasteiger charge is -2.52. The molecule has 2 fully saturated rings. The molecular formula is C27H36N2O6. The minimum Gasteiger partial charge on any atom is -0.497 e. The van der Waals surface area contributed by atoms with E-state index in [2.05, 4.69) is 10.2 Å². The van der Waals surface area contributed by atoms with Crippen LogP contribution in [-0.4, -0.2) is 63.0 Å². The summed E-state index contributed by atoms with van der Waals surface area (Å²) in [5.74, 6) is 2.29. The van der Waals surface area contributed by atoms with E-state index in [1.165, 1.54) is 0 Å². The number of ether oxygens (including phenoxy) is 4. The summed E-state index contributed by atoms with van der Waals surface area (Å²) in [5.41, 5.74) is 0.916. The molecule has 0 radical (unpaired) electrons. The fourth-order valence-corrected chi connectivity index (χ4v) is 5.69. The van der Waals surface area contributed by atoms with E-state index in [0.717, 1.165) is 37.0 Å². The van der Waals surface area contributed by atoms with Crippen molar-refractivity contribution in [1.29, 1.82) is 0 Å². The molecule has 0 bridgehead atoms. The first-order valence-corrected chi connectivity index (χ1v) is 12.1. The molecular weight excluding hydrogens is 448 g/mol. The number of hydrogen-bond donors (Lipinski definition) is 2. The van der Waals surface area contributed by atoms with Gasteiger partial charge in [-0.25, -0.2) is 0 Å². The highest BCUT2D eigenvalue weighted by Gasteiger charge is 2.49. The number of nitrogens with one attached hydrogen (secondary N) is 1. The maximum atomic E-state index is 13.1. The van der Waals surface area contributed by atoms with Crippen LogP contribution in [0, 0.1) is 5.92 Å². The predicted octanol–water partition coefficient (Wildman–Crippen LogP) is 4.03. The van der Waals surface area contributed by atoms with Crippen molar-refractivity contribution in [3.63, 3.8) is 0 Å². The number of likely N-dealkylation sites (tertiary alicyclic amines) is 1. The summed E-state index contributed by atoms with van der Waals surface area (Å²) >= 11 is 0. The van der Waals surface area contributed by atoms with Gasteiger partial charge in [0, 0.05) is 24.2 Å². The van der Waals surface area contributed by atoms with Crippen LogP contribution in [0.4, 0.5) is 5.69 Å². The van der Waals surface area contributed by atoms with Crippen LogP contribution >= 0.6 is 0 Å². The molecule has 1 saturated carbocycles. The number of methoxy groups -OCH3 is 4. The number of hydrogen-bond acceptors (Lipinski definition) is 7. The number of benzene rings is 2. The molecule has 0 unspecified atom stereocenters. The maximum absolute atomic E-state index is 13.1. The molecule has 2 aromatic carbocycles. The van der Waals surface area contributed by atoms with Gasteiger partial charge in [-0.15, -0.1) is 0 Å². The molecule has 35 heavy (non-hydrogen) atoms. The SMILES string of the molecule is COc1ccc(NC(=O)CN2CC[C@]3(O)CCCC[C@H]3[C@@H]2c2cc(OC)c(OC)c(OC)c2)cc1. The zero-order chi connectivity index (χ0) is 25.0. The van der Waals surface area contributed by atoms with Crippen molar-refractivity contribution in [1.82, 2.24) is 4.90 Å². The number of fused-ring (bicyclic) bond motifs is 1. The second-order valence-corrected chi connectivity index (χ2v) is 9.36. The van der Waals surface area contributed by atoms with Crippen LogP contribution in [0.2, 0.25) is 0 Å². The lowest BCUT2D eigenvalue weighted by Crippen LogP contribution is -2.56.